The average molecular weight is 258 g/mol. The van der Waals surface area contributed by atoms with E-state index in [1.54, 1.807) is 0 Å². The molecule has 0 saturated heterocycles. The molecule has 1 unspecified atom stereocenters. The van der Waals surface area contributed by atoms with Gasteiger partial charge >= 0.3 is 0 Å². The van der Waals surface area contributed by atoms with Gasteiger partial charge in [0.15, 0.2) is 0 Å². The Hall–Kier alpha value is -1.82. The van der Waals surface area contributed by atoms with Gasteiger partial charge in [-0.1, -0.05) is 48.8 Å². The van der Waals surface area contributed by atoms with Crippen LogP contribution in [0.1, 0.15) is 44.6 Å². The monoisotopic (exact) mass is 258 g/mol. The molecule has 102 valence electrons. The zero-order valence-electron chi connectivity index (χ0n) is 11.6. The zero-order valence-corrected chi connectivity index (χ0v) is 11.6. The van der Waals surface area contributed by atoms with Crippen molar-refractivity contribution < 1.29 is 4.84 Å². The van der Waals surface area contributed by atoms with Gasteiger partial charge in [-0.2, -0.15) is 5.26 Å². The normalized spacial score (nSPS) is 12.2. The first-order chi connectivity index (χ1) is 9.36. The number of benzene rings is 1. The van der Waals surface area contributed by atoms with E-state index in [0.717, 1.165) is 37.7 Å². The fourth-order valence-electron chi connectivity index (χ4n) is 1.78. The van der Waals surface area contributed by atoms with Gasteiger partial charge in [0, 0.05) is 12.1 Å². The molecule has 0 aromatic heterocycles. The summed E-state index contributed by atoms with van der Waals surface area (Å²) in [5.41, 5.74) is 1.12. The highest BCUT2D eigenvalue weighted by molar-refractivity contribution is 5.56. The Morgan fingerprint density at radius 1 is 1.32 bits per heavy atom. The van der Waals surface area contributed by atoms with Crippen LogP contribution in [0.3, 0.4) is 0 Å². The van der Waals surface area contributed by atoms with Crippen molar-refractivity contribution in [2.75, 3.05) is 0 Å². The van der Waals surface area contributed by atoms with E-state index in [1.807, 2.05) is 36.5 Å². The van der Waals surface area contributed by atoms with Crippen LogP contribution in [0, 0.1) is 17.2 Å². The third kappa shape index (κ3) is 7.25. The number of nitriles is 1. The molecule has 0 aliphatic rings. The topological polar surface area (TPSA) is 45.4 Å². The maximum absolute atomic E-state index is 8.81. The summed E-state index contributed by atoms with van der Waals surface area (Å²) < 4.78 is 0. The Morgan fingerprint density at radius 2 is 2.11 bits per heavy atom. The lowest BCUT2D eigenvalue weighted by Crippen LogP contribution is -1.94. The van der Waals surface area contributed by atoms with E-state index in [0.29, 0.717) is 6.61 Å². The predicted molar refractivity (Wildman–Crippen MR) is 77.6 cm³/mol. The molecule has 0 aliphatic heterocycles. The molecule has 0 spiro atoms. The molecule has 0 fully saturated rings. The van der Waals surface area contributed by atoms with Gasteiger partial charge in [0.2, 0.25) is 0 Å². The number of hydrogen-bond donors (Lipinski definition) is 0. The number of unbranched alkanes of at least 4 members (excludes halogenated alkanes) is 2. The highest BCUT2D eigenvalue weighted by Gasteiger charge is 2.02. The van der Waals surface area contributed by atoms with Crippen LogP contribution in [-0.4, -0.2) is 6.21 Å². The molecular weight excluding hydrogens is 236 g/mol. The highest BCUT2D eigenvalue weighted by Crippen LogP contribution is 2.11. The van der Waals surface area contributed by atoms with Crippen LogP contribution in [0.15, 0.2) is 35.5 Å². The first kappa shape index (κ1) is 15.2. The first-order valence-electron chi connectivity index (χ1n) is 6.94. The predicted octanol–water partition coefficient (Wildman–Crippen LogP) is 4.30. The summed E-state index contributed by atoms with van der Waals surface area (Å²) in [5, 5.41) is 12.7. The quantitative estimate of drug-likeness (QED) is 0.376. The standard InChI is InChI=1S/C16H22N2O/c1-2-15(13-17)9-7-4-8-12-18-19-14-16-10-5-3-6-11-16/h3,5-6,10-12,15H,2,4,7-9,14H2,1H3. The summed E-state index contributed by atoms with van der Waals surface area (Å²) in [6.45, 7) is 2.58. The Morgan fingerprint density at radius 3 is 2.79 bits per heavy atom. The number of nitrogens with zero attached hydrogens (tertiary/aromatic N) is 2. The van der Waals surface area contributed by atoms with Crippen LogP contribution < -0.4 is 0 Å². The van der Waals surface area contributed by atoms with Crippen molar-refractivity contribution in [1.29, 1.82) is 5.26 Å². The second-order valence-electron chi connectivity index (χ2n) is 4.57. The van der Waals surface area contributed by atoms with Gasteiger partial charge in [-0.25, -0.2) is 0 Å². The average Bonchev–Trinajstić information content (AvgIpc) is 2.47. The maximum Gasteiger partial charge on any atom is 0.142 e. The van der Waals surface area contributed by atoms with E-state index < -0.39 is 0 Å². The van der Waals surface area contributed by atoms with Gasteiger partial charge in [0.25, 0.3) is 0 Å². The third-order valence-electron chi connectivity index (χ3n) is 3.03. The van der Waals surface area contributed by atoms with E-state index in [-0.39, 0.29) is 5.92 Å². The minimum atomic E-state index is 0.214. The van der Waals surface area contributed by atoms with Crippen molar-refractivity contribution in [1.82, 2.24) is 0 Å². The Labute approximate surface area is 115 Å². The SMILES string of the molecule is CCC(C#N)CCCCC=NOCc1ccccc1. The molecule has 0 N–H and O–H groups in total. The minimum Gasteiger partial charge on any atom is -0.391 e. The van der Waals surface area contributed by atoms with E-state index >= 15 is 0 Å². The van der Waals surface area contributed by atoms with Crippen LogP contribution in [0.2, 0.25) is 0 Å². The summed E-state index contributed by atoms with van der Waals surface area (Å²) in [5.74, 6) is 0.214. The van der Waals surface area contributed by atoms with E-state index in [4.69, 9.17) is 10.1 Å². The molecule has 0 saturated carbocycles. The van der Waals surface area contributed by atoms with Gasteiger partial charge in [-0.15, -0.1) is 0 Å². The summed E-state index contributed by atoms with van der Waals surface area (Å²) in [6, 6.07) is 12.3. The molecule has 1 atom stereocenters. The van der Waals surface area contributed by atoms with Crippen molar-refractivity contribution >= 4 is 6.21 Å². The molecular formula is C16H22N2O. The van der Waals surface area contributed by atoms with Gasteiger partial charge in [-0.05, 0) is 31.2 Å². The van der Waals surface area contributed by atoms with Crippen molar-refractivity contribution in [3.8, 4) is 6.07 Å². The molecule has 1 aromatic carbocycles. The lowest BCUT2D eigenvalue weighted by Gasteiger charge is -2.03. The molecule has 19 heavy (non-hydrogen) atoms. The van der Waals surface area contributed by atoms with Crippen LogP contribution in [0.5, 0.6) is 0 Å². The molecule has 0 aliphatic carbocycles. The molecule has 0 heterocycles. The summed E-state index contributed by atoms with van der Waals surface area (Å²) in [4.78, 5) is 5.21. The smallest absolute Gasteiger partial charge is 0.142 e. The van der Waals surface area contributed by atoms with Crippen LogP contribution in [-0.2, 0) is 11.4 Å². The molecule has 1 rings (SSSR count). The van der Waals surface area contributed by atoms with E-state index in [2.05, 4.69) is 18.1 Å². The Kier molecular flexibility index (Phi) is 8.13. The lowest BCUT2D eigenvalue weighted by atomic mass is 10.0. The molecule has 0 bridgehead atoms. The van der Waals surface area contributed by atoms with Gasteiger partial charge in [0.1, 0.15) is 6.61 Å². The van der Waals surface area contributed by atoms with Crippen LogP contribution in [0.4, 0.5) is 0 Å². The molecule has 3 heteroatoms. The lowest BCUT2D eigenvalue weighted by molar-refractivity contribution is 0.131. The van der Waals surface area contributed by atoms with Gasteiger partial charge < -0.3 is 4.84 Å². The summed E-state index contributed by atoms with van der Waals surface area (Å²) in [6.07, 6.45) is 6.82. The van der Waals surface area contributed by atoms with Crippen molar-refractivity contribution in [2.24, 2.45) is 11.1 Å². The zero-order chi connectivity index (χ0) is 13.8. The number of oxime groups is 1. The van der Waals surface area contributed by atoms with E-state index in [1.165, 1.54) is 0 Å². The summed E-state index contributed by atoms with van der Waals surface area (Å²) >= 11 is 0. The fourth-order valence-corrected chi connectivity index (χ4v) is 1.78. The highest BCUT2D eigenvalue weighted by atomic mass is 16.6. The molecule has 1 aromatic rings. The van der Waals surface area contributed by atoms with Gasteiger partial charge in [0.05, 0.1) is 6.07 Å². The first-order valence-corrected chi connectivity index (χ1v) is 6.94. The van der Waals surface area contributed by atoms with Crippen molar-refractivity contribution in [3.63, 3.8) is 0 Å². The Bertz CT molecular complexity index is 395. The largest absolute Gasteiger partial charge is 0.391 e. The van der Waals surface area contributed by atoms with Crippen LogP contribution in [0.25, 0.3) is 0 Å². The summed E-state index contributed by atoms with van der Waals surface area (Å²) in [7, 11) is 0. The molecule has 3 nitrogen and oxygen atoms in total. The second-order valence-corrected chi connectivity index (χ2v) is 4.57. The molecule has 0 radical (unpaired) electrons. The number of rotatable bonds is 9. The van der Waals surface area contributed by atoms with Crippen LogP contribution >= 0.6 is 0 Å². The molecule has 0 amide bonds. The van der Waals surface area contributed by atoms with Gasteiger partial charge in [-0.3, -0.25) is 0 Å². The third-order valence-corrected chi connectivity index (χ3v) is 3.03. The maximum atomic E-state index is 8.81. The number of hydrogen-bond acceptors (Lipinski definition) is 3. The van der Waals surface area contributed by atoms with Crippen molar-refractivity contribution in [3.05, 3.63) is 35.9 Å². The minimum absolute atomic E-state index is 0.214. The van der Waals surface area contributed by atoms with Crippen molar-refractivity contribution in [2.45, 2.75) is 45.6 Å². The fraction of sp³-hybridized carbons (Fsp3) is 0.500. The van der Waals surface area contributed by atoms with E-state index in [9.17, 15) is 0 Å². The Balaban J connectivity index is 2.01. The second kappa shape index (κ2) is 10.1.